The average molecular weight is 340 g/mol. The van der Waals surface area contributed by atoms with Crippen molar-refractivity contribution in [1.29, 1.82) is 0 Å². The monoisotopic (exact) mass is 340 g/mol. The number of rotatable bonds is 3. The van der Waals surface area contributed by atoms with Gasteiger partial charge in [-0.3, -0.25) is 0 Å². The first-order chi connectivity index (χ1) is 12.6. The first-order valence-electron chi connectivity index (χ1n) is 8.73. The van der Waals surface area contributed by atoms with Gasteiger partial charge in [0, 0.05) is 16.7 Å². The summed E-state index contributed by atoms with van der Waals surface area (Å²) < 4.78 is 6.08. The molecule has 0 aliphatic heterocycles. The summed E-state index contributed by atoms with van der Waals surface area (Å²) >= 11 is 0. The van der Waals surface area contributed by atoms with E-state index < -0.39 is 5.60 Å². The minimum absolute atomic E-state index is 0.389. The van der Waals surface area contributed by atoms with Gasteiger partial charge in [-0.1, -0.05) is 73.3 Å². The van der Waals surface area contributed by atoms with E-state index in [0.717, 1.165) is 27.6 Å². The van der Waals surface area contributed by atoms with E-state index in [9.17, 15) is 4.79 Å². The molecule has 2 nitrogen and oxygen atoms in total. The molecule has 26 heavy (non-hydrogen) atoms. The van der Waals surface area contributed by atoms with Crippen molar-refractivity contribution < 1.29 is 9.53 Å². The van der Waals surface area contributed by atoms with Crippen LogP contribution in [0.15, 0.2) is 85.0 Å². The molecule has 0 bridgehead atoms. The van der Waals surface area contributed by atoms with Crippen LogP contribution in [0.4, 0.5) is 0 Å². The van der Waals surface area contributed by atoms with Crippen molar-refractivity contribution in [3.8, 4) is 11.1 Å². The first kappa shape index (κ1) is 16.3. The van der Waals surface area contributed by atoms with Crippen molar-refractivity contribution in [3.05, 3.63) is 96.1 Å². The van der Waals surface area contributed by atoms with Gasteiger partial charge in [-0.25, -0.2) is 4.79 Å². The number of carbonyl (C=O) groups excluding carboxylic acids is 1. The van der Waals surface area contributed by atoms with Gasteiger partial charge in [0.2, 0.25) is 0 Å². The average Bonchev–Trinajstić information content (AvgIpc) is 2.93. The molecule has 128 valence electrons. The second kappa shape index (κ2) is 5.99. The predicted octanol–water partition coefficient (Wildman–Crippen LogP) is 5.76. The second-order valence-corrected chi connectivity index (χ2v) is 6.66. The summed E-state index contributed by atoms with van der Waals surface area (Å²) in [5.41, 5.74) is 3.67. The van der Waals surface area contributed by atoms with Crippen LogP contribution in [0, 0.1) is 0 Å². The van der Waals surface area contributed by atoms with Gasteiger partial charge in [-0.15, -0.1) is 0 Å². The van der Waals surface area contributed by atoms with Crippen LogP contribution in [0.3, 0.4) is 0 Å². The number of benzene rings is 3. The molecular weight excluding hydrogens is 320 g/mol. The highest BCUT2D eigenvalue weighted by molar-refractivity contribution is 6.03. The fraction of sp³-hybridized carbons (Fsp3) is 0.125. The predicted molar refractivity (Wildman–Crippen MR) is 106 cm³/mol. The highest BCUT2D eigenvalue weighted by Crippen LogP contribution is 2.53. The molecule has 0 aromatic heterocycles. The number of fused-ring (bicyclic) bond motifs is 5. The van der Waals surface area contributed by atoms with Crippen molar-refractivity contribution in [2.24, 2.45) is 0 Å². The fourth-order valence-electron chi connectivity index (χ4n) is 3.83. The summed E-state index contributed by atoms with van der Waals surface area (Å²) in [6.07, 6.45) is 3.90. The fourth-order valence-corrected chi connectivity index (χ4v) is 3.83. The Bertz CT molecular complexity index is 1070. The number of esters is 1. The van der Waals surface area contributed by atoms with Gasteiger partial charge in [-0.05, 0) is 41.8 Å². The van der Waals surface area contributed by atoms with Crippen molar-refractivity contribution in [1.82, 2.24) is 0 Å². The van der Waals surface area contributed by atoms with Crippen LogP contribution in [0.1, 0.15) is 25.0 Å². The SMILES string of the molecule is C=C(C)C(=O)OC1(/C=C/C)c2ccccc2-c2c1ccc1ccccc21. The highest BCUT2D eigenvalue weighted by Gasteiger charge is 2.45. The molecule has 0 fully saturated rings. The normalized spacial score (nSPS) is 17.9. The van der Waals surface area contributed by atoms with Crippen LogP contribution in [0.5, 0.6) is 0 Å². The lowest BCUT2D eigenvalue weighted by Crippen LogP contribution is -2.30. The molecule has 0 amide bonds. The summed E-state index contributed by atoms with van der Waals surface area (Å²) in [6, 6.07) is 20.6. The first-order valence-corrected chi connectivity index (χ1v) is 8.73. The van der Waals surface area contributed by atoms with E-state index in [1.807, 2.05) is 49.4 Å². The molecule has 0 radical (unpaired) electrons. The number of allylic oxidation sites excluding steroid dienone is 1. The molecule has 0 saturated heterocycles. The Balaban J connectivity index is 2.10. The number of hydrogen-bond donors (Lipinski definition) is 0. The molecule has 0 N–H and O–H groups in total. The molecule has 3 aromatic rings. The van der Waals surface area contributed by atoms with Crippen molar-refractivity contribution in [2.75, 3.05) is 0 Å². The third-order valence-corrected chi connectivity index (χ3v) is 4.93. The Hall–Kier alpha value is -3.13. The second-order valence-electron chi connectivity index (χ2n) is 6.66. The van der Waals surface area contributed by atoms with Crippen molar-refractivity contribution in [3.63, 3.8) is 0 Å². The summed E-state index contributed by atoms with van der Waals surface area (Å²) in [6.45, 7) is 7.37. The Labute approximate surface area is 153 Å². The smallest absolute Gasteiger partial charge is 0.334 e. The maximum atomic E-state index is 12.5. The molecule has 0 saturated carbocycles. The molecule has 3 aromatic carbocycles. The van der Waals surface area contributed by atoms with E-state index in [1.165, 1.54) is 5.39 Å². The highest BCUT2D eigenvalue weighted by atomic mass is 16.6. The minimum atomic E-state index is -0.930. The molecule has 0 spiro atoms. The minimum Gasteiger partial charge on any atom is -0.441 e. The Kier molecular flexibility index (Phi) is 3.77. The molecule has 0 heterocycles. The van der Waals surface area contributed by atoms with E-state index in [4.69, 9.17) is 4.74 Å². The summed E-state index contributed by atoms with van der Waals surface area (Å²) in [4.78, 5) is 12.5. The number of hydrogen-bond acceptors (Lipinski definition) is 2. The van der Waals surface area contributed by atoms with Gasteiger partial charge in [0.25, 0.3) is 0 Å². The lowest BCUT2D eigenvalue weighted by atomic mass is 9.89. The van der Waals surface area contributed by atoms with Gasteiger partial charge in [0.1, 0.15) is 0 Å². The van der Waals surface area contributed by atoms with E-state index in [0.29, 0.717) is 5.57 Å². The van der Waals surface area contributed by atoms with Crippen molar-refractivity contribution in [2.45, 2.75) is 19.4 Å². The van der Waals surface area contributed by atoms with Gasteiger partial charge < -0.3 is 4.74 Å². The van der Waals surface area contributed by atoms with Gasteiger partial charge in [0.15, 0.2) is 5.60 Å². The van der Waals surface area contributed by atoms with Gasteiger partial charge in [0.05, 0.1) is 0 Å². The third kappa shape index (κ3) is 2.22. The molecular formula is C24H20O2. The van der Waals surface area contributed by atoms with Crippen LogP contribution in [-0.2, 0) is 15.1 Å². The van der Waals surface area contributed by atoms with Gasteiger partial charge >= 0.3 is 5.97 Å². The van der Waals surface area contributed by atoms with E-state index in [-0.39, 0.29) is 5.97 Å². The summed E-state index contributed by atoms with van der Waals surface area (Å²) in [7, 11) is 0. The zero-order chi connectivity index (χ0) is 18.3. The summed E-state index contributed by atoms with van der Waals surface area (Å²) in [5.74, 6) is -0.390. The zero-order valence-corrected chi connectivity index (χ0v) is 15.0. The lowest BCUT2D eigenvalue weighted by molar-refractivity contribution is -0.147. The number of ether oxygens (including phenoxy) is 1. The van der Waals surface area contributed by atoms with Crippen LogP contribution >= 0.6 is 0 Å². The van der Waals surface area contributed by atoms with E-state index >= 15 is 0 Å². The molecule has 1 unspecified atom stereocenters. The maximum absolute atomic E-state index is 12.5. The molecule has 1 aliphatic carbocycles. The molecule has 2 heteroatoms. The van der Waals surface area contributed by atoms with E-state index in [2.05, 4.69) is 36.9 Å². The Morgan fingerprint density at radius 3 is 2.50 bits per heavy atom. The molecule has 1 atom stereocenters. The van der Waals surface area contributed by atoms with Gasteiger partial charge in [-0.2, -0.15) is 0 Å². The van der Waals surface area contributed by atoms with Crippen LogP contribution < -0.4 is 0 Å². The summed E-state index contributed by atoms with van der Waals surface area (Å²) in [5, 5.41) is 2.33. The zero-order valence-electron chi connectivity index (χ0n) is 15.0. The molecule has 1 aliphatic rings. The Morgan fingerprint density at radius 2 is 1.73 bits per heavy atom. The Morgan fingerprint density at radius 1 is 1.00 bits per heavy atom. The third-order valence-electron chi connectivity index (χ3n) is 4.93. The molecule has 4 rings (SSSR count). The van der Waals surface area contributed by atoms with Crippen LogP contribution in [0.2, 0.25) is 0 Å². The quantitative estimate of drug-likeness (QED) is 0.344. The lowest BCUT2D eigenvalue weighted by Gasteiger charge is -2.29. The van der Waals surface area contributed by atoms with Crippen LogP contribution in [-0.4, -0.2) is 5.97 Å². The largest absolute Gasteiger partial charge is 0.441 e. The van der Waals surface area contributed by atoms with Crippen LogP contribution in [0.25, 0.3) is 21.9 Å². The van der Waals surface area contributed by atoms with Crippen molar-refractivity contribution >= 4 is 16.7 Å². The number of carbonyl (C=O) groups is 1. The topological polar surface area (TPSA) is 26.3 Å². The van der Waals surface area contributed by atoms with E-state index in [1.54, 1.807) is 6.92 Å². The maximum Gasteiger partial charge on any atom is 0.334 e. The standard InChI is InChI=1S/C24H20O2/c1-4-15-24(26-23(25)16(2)3)20-12-8-7-11-19(20)22-18-10-6-5-9-17(18)13-14-21(22)24/h4-15H,2H2,1,3H3/b15-4+.